The monoisotopic (exact) mass is 278 g/mol. The van der Waals surface area contributed by atoms with Gasteiger partial charge in [0, 0.05) is 17.3 Å². The number of benzene rings is 1. The molecule has 106 valence electrons. The zero-order valence-electron chi connectivity index (χ0n) is 12.2. The predicted molar refractivity (Wildman–Crippen MR) is 83.9 cm³/mol. The molecule has 0 aliphatic carbocycles. The summed E-state index contributed by atoms with van der Waals surface area (Å²) in [6.07, 6.45) is 5.85. The third-order valence-electron chi connectivity index (χ3n) is 4.62. The second kappa shape index (κ2) is 6.81. The fourth-order valence-electron chi connectivity index (χ4n) is 3.15. The van der Waals surface area contributed by atoms with Crippen LogP contribution in [0.5, 0.6) is 0 Å². The van der Waals surface area contributed by atoms with Crippen molar-refractivity contribution in [1.29, 1.82) is 0 Å². The molecule has 2 rings (SSSR count). The van der Waals surface area contributed by atoms with Crippen LogP contribution in [-0.2, 0) is 0 Å². The fourth-order valence-corrected chi connectivity index (χ4v) is 4.41. The second-order valence-corrected chi connectivity index (χ2v) is 6.93. The number of hydrogen-bond acceptors (Lipinski definition) is 2. The van der Waals surface area contributed by atoms with E-state index < -0.39 is 0 Å². The van der Waals surface area contributed by atoms with Crippen molar-refractivity contribution in [2.45, 2.75) is 56.8 Å². The number of aliphatic hydroxyl groups excluding tert-OH is 1. The van der Waals surface area contributed by atoms with Gasteiger partial charge in [0.25, 0.3) is 0 Å². The van der Waals surface area contributed by atoms with Gasteiger partial charge in [0.2, 0.25) is 0 Å². The molecule has 0 spiro atoms. The Balaban J connectivity index is 2.10. The molecule has 1 aliphatic rings. The minimum absolute atomic E-state index is 0.138. The lowest BCUT2D eigenvalue weighted by Gasteiger charge is -2.33. The van der Waals surface area contributed by atoms with E-state index in [1.807, 2.05) is 11.8 Å². The molecule has 1 N–H and O–H groups in total. The maximum atomic E-state index is 9.90. The number of unbranched alkanes of at least 4 members (excludes halogenated alkanes) is 1. The van der Waals surface area contributed by atoms with Crippen molar-refractivity contribution in [3.63, 3.8) is 0 Å². The van der Waals surface area contributed by atoms with E-state index in [1.165, 1.54) is 35.5 Å². The van der Waals surface area contributed by atoms with E-state index in [0.29, 0.717) is 12.5 Å². The molecule has 1 aromatic rings. The van der Waals surface area contributed by atoms with Crippen LogP contribution in [0.4, 0.5) is 0 Å². The first kappa shape index (κ1) is 14.9. The maximum absolute atomic E-state index is 9.90. The Morgan fingerprint density at radius 2 is 2.11 bits per heavy atom. The third-order valence-corrected chi connectivity index (χ3v) is 5.88. The molecule has 0 saturated heterocycles. The molecular formula is C17H26OS. The summed E-state index contributed by atoms with van der Waals surface area (Å²) < 4.78 is 0. The van der Waals surface area contributed by atoms with Crippen LogP contribution in [-0.4, -0.2) is 17.5 Å². The van der Waals surface area contributed by atoms with Crippen LogP contribution < -0.4 is 0 Å². The van der Waals surface area contributed by atoms with Gasteiger partial charge >= 0.3 is 0 Å². The van der Waals surface area contributed by atoms with Crippen molar-refractivity contribution in [3.05, 3.63) is 29.8 Å². The highest BCUT2D eigenvalue weighted by Gasteiger charge is 2.33. The standard InChI is InChI=1S/C17H26OS/c1-3-5-10-17(4-2,13-18)11-14-12-19-16-9-7-6-8-15(14)16/h6-9,14,18H,3-5,10-13H2,1-2H3. The summed E-state index contributed by atoms with van der Waals surface area (Å²) in [7, 11) is 0. The highest BCUT2D eigenvalue weighted by atomic mass is 32.2. The van der Waals surface area contributed by atoms with Gasteiger partial charge in [0.1, 0.15) is 0 Å². The first-order chi connectivity index (χ1) is 9.24. The van der Waals surface area contributed by atoms with Gasteiger partial charge in [-0.05, 0) is 42.2 Å². The Hall–Kier alpha value is -0.470. The minimum Gasteiger partial charge on any atom is -0.396 e. The van der Waals surface area contributed by atoms with Gasteiger partial charge in [-0.1, -0.05) is 44.9 Å². The SMILES string of the molecule is CCCCC(CC)(CO)CC1CSc2ccccc21. The van der Waals surface area contributed by atoms with Gasteiger partial charge in [-0.2, -0.15) is 0 Å². The number of fused-ring (bicyclic) bond motifs is 1. The summed E-state index contributed by atoms with van der Waals surface area (Å²) in [5.41, 5.74) is 1.65. The zero-order chi connectivity index (χ0) is 13.7. The zero-order valence-corrected chi connectivity index (χ0v) is 13.0. The normalized spacial score (nSPS) is 21.1. The van der Waals surface area contributed by atoms with Crippen molar-refractivity contribution in [3.8, 4) is 0 Å². The van der Waals surface area contributed by atoms with Crippen molar-refractivity contribution >= 4 is 11.8 Å². The molecule has 0 saturated carbocycles. The Morgan fingerprint density at radius 3 is 2.79 bits per heavy atom. The van der Waals surface area contributed by atoms with Crippen molar-refractivity contribution in [2.24, 2.45) is 5.41 Å². The molecule has 0 bridgehead atoms. The molecule has 2 atom stereocenters. The Bertz CT molecular complexity index is 398. The molecule has 1 aromatic carbocycles. The average molecular weight is 278 g/mol. The van der Waals surface area contributed by atoms with Crippen LogP contribution in [0.3, 0.4) is 0 Å². The summed E-state index contributed by atoms with van der Waals surface area (Å²) in [6.45, 7) is 4.81. The number of hydrogen-bond donors (Lipinski definition) is 1. The minimum atomic E-state index is 0.138. The first-order valence-electron chi connectivity index (χ1n) is 7.57. The molecule has 19 heavy (non-hydrogen) atoms. The van der Waals surface area contributed by atoms with Crippen molar-refractivity contribution in [2.75, 3.05) is 12.4 Å². The van der Waals surface area contributed by atoms with Crippen LogP contribution in [0.25, 0.3) is 0 Å². The summed E-state index contributed by atoms with van der Waals surface area (Å²) in [4.78, 5) is 1.45. The van der Waals surface area contributed by atoms with Crippen molar-refractivity contribution < 1.29 is 5.11 Å². The lowest BCUT2D eigenvalue weighted by atomic mass is 9.73. The van der Waals surface area contributed by atoms with Gasteiger partial charge in [-0.15, -0.1) is 11.8 Å². The smallest absolute Gasteiger partial charge is 0.0487 e. The largest absolute Gasteiger partial charge is 0.396 e. The summed E-state index contributed by atoms with van der Waals surface area (Å²) in [6, 6.07) is 8.79. The Morgan fingerprint density at radius 1 is 1.32 bits per heavy atom. The molecule has 2 heteroatoms. The average Bonchev–Trinajstić information content (AvgIpc) is 2.87. The van der Waals surface area contributed by atoms with E-state index in [0.717, 1.165) is 12.8 Å². The van der Waals surface area contributed by atoms with Crippen LogP contribution in [0.15, 0.2) is 29.2 Å². The van der Waals surface area contributed by atoms with Crippen LogP contribution in [0.1, 0.15) is 57.4 Å². The van der Waals surface area contributed by atoms with E-state index in [4.69, 9.17) is 0 Å². The Kier molecular flexibility index (Phi) is 5.35. The maximum Gasteiger partial charge on any atom is 0.0487 e. The van der Waals surface area contributed by atoms with Crippen molar-refractivity contribution in [1.82, 2.24) is 0 Å². The number of rotatable bonds is 7. The van der Waals surface area contributed by atoms with E-state index in [1.54, 1.807) is 0 Å². The molecule has 0 fully saturated rings. The van der Waals surface area contributed by atoms with Crippen LogP contribution >= 0.6 is 11.8 Å². The molecule has 1 heterocycles. The third kappa shape index (κ3) is 3.35. The number of aliphatic hydroxyl groups is 1. The van der Waals surface area contributed by atoms with Crippen LogP contribution in [0.2, 0.25) is 0 Å². The van der Waals surface area contributed by atoms with Gasteiger partial charge in [0.15, 0.2) is 0 Å². The summed E-state index contributed by atoms with van der Waals surface area (Å²) >= 11 is 1.98. The summed E-state index contributed by atoms with van der Waals surface area (Å²) in [5.74, 6) is 1.82. The molecule has 0 aromatic heterocycles. The highest BCUT2D eigenvalue weighted by molar-refractivity contribution is 7.99. The molecule has 0 amide bonds. The predicted octanol–water partition coefficient (Wildman–Crippen LogP) is 4.84. The second-order valence-electron chi connectivity index (χ2n) is 5.87. The first-order valence-corrected chi connectivity index (χ1v) is 8.56. The van der Waals surface area contributed by atoms with Gasteiger partial charge in [-0.3, -0.25) is 0 Å². The lowest BCUT2D eigenvalue weighted by molar-refractivity contribution is 0.0917. The number of thioether (sulfide) groups is 1. The fraction of sp³-hybridized carbons (Fsp3) is 0.647. The van der Waals surface area contributed by atoms with E-state index in [9.17, 15) is 5.11 Å². The topological polar surface area (TPSA) is 20.2 Å². The molecular weight excluding hydrogens is 252 g/mol. The van der Waals surface area contributed by atoms with E-state index in [-0.39, 0.29) is 5.41 Å². The molecule has 1 aliphatic heterocycles. The molecule has 2 unspecified atom stereocenters. The lowest BCUT2D eigenvalue weighted by Crippen LogP contribution is -2.27. The molecule has 0 radical (unpaired) electrons. The van der Waals surface area contributed by atoms with E-state index in [2.05, 4.69) is 38.1 Å². The van der Waals surface area contributed by atoms with Crippen LogP contribution in [0, 0.1) is 5.41 Å². The van der Waals surface area contributed by atoms with E-state index >= 15 is 0 Å². The molecule has 1 nitrogen and oxygen atoms in total. The van der Waals surface area contributed by atoms with Gasteiger partial charge in [-0.25, -0.2) is 0 Å². The Labute approximate surface area is 121 Å². The highest BCUT2D eigenvalue weighted by Crippen LogP contribution is 2.47. The van der Waals surface area contributed by atoms with Gasteiger partial charge in [0.05, 0.1) is 0 Å². The summed E-state index contributed by atoms with van der Waals surface area (Å²) in [5, 5.41) is 9.90. The van der Waals surface area contributed by atoms with Gasteiger partial charge < -0.3 is 5.11 Å². The quantitative estimate of drug-likeness (QED) is 0.769.